The van der Waals surface area contributed by atoms with Crippen LogP contribution in [0.15, 0.2) is 36.7 Å². The quantitative estimate of drug-likeness (QED) is 0.606. The highest BCUT2D eigenvalue weighted by atomic mass is 16.5. The van der Waals surface area contributed by atoms with Gasteiger partial charge in [-0.05, 0) is 44.0 Å². The average molecular weight is 409 g/mol. The number of nitrogens with zero attached hydrogens (tertiary/aromatic N) is 3. The summed E-state index contributed by atoms with van der Waals surface area (Å²) in [5.41, 5.74) is 3.76. The Morgan fingerprint density at radius 2 is 2.20 bits per heavy atom. The highest BCUT2D eigenvalue weighted by molar-refractivity contribution is 5.98. The highest BCUT2D eigenvalue weighted by Crippen LogP contribution is 2.29. The van der Waals surface area contributed by atoms with Crippen molar-refractivity contribution in [1.82, 2.24) is 19.9 Å². The van der Waals surface area contributed by atoms with E-state index in [-0.39, 0.29) is 11.8 Å². The van der Waals surface area contributed by atoms with Gasteiger partial charge in [0.15, 0.2) is 0 Å². The Labute approximate surface area is 176 Å². The van der Waals surface area contributed by atoms with Crippen LogP contribution in [-0.4, -0.2) is 59.2 Å². The molecule has 1 aromatic carbocycles. The van der Waals surface area contributed by atoms with E-state index in [0.717, 1.165) is 52.9 Å². The molecule has 4 rings (SSSR count). The molecule has 1 aliphatic rings. The minimum Gasteiger partial charge on any atom is -0.382 e. The number of benzene rings is 1. The Balaban J connectivity index is 1.50. The van der Waals surface area contributed by atoms with E-state index < -0.39 is 0 Å². The van der Waals surface area contributed by atoms with Crippen LogP contribution in [0.5, 0.6) is 0 Å². The Morgan fingerprint density at radius 1 is 1.30 bits per heavy atom. The molecule has 3 aromatic rings. The van der Waals surface area contributed by atoms with E-state index in [1.807, 2.05) is 48.5 Å². The summed E-state index contributed by atoms with van der Waals surface area (Å²) in [6.07, 6.45) is 5.70. The normalized spacial score (nSPS) is 16.9. The van der Waals surface area contributed by atoms with Gasteiger partial charge in [-0.3, -0.25) is 4.79 Å². The summed E-state index contributed by atoms with van der Waals surface area (Å²) in [5.74, 6) is 1.000. The number of hydrogen-bond acceptors (Lipinski definition) is 5. The second kappa shape index (κ2) is 9.36. The number of nitrogens with one attached hydrogen (secondary N) is 1. The maximum atomic E-state index is 13.2. The second-order valence-corrected chi connectivity index (χ2v) is 7.74. The van der Waals surface area contributed by atoms with Crippen LogP contribution in [-0.2, 0) is 16.1 Å². The largest absolute Gasteiger partial charge is 0.382 e. The predicted octanol–water partition coefficient (Wildman–Crippen LogP) is 3.45. The molecule has 0 spiro atoms. The lowest BCUT2D eigenvalue weighted by atomic mass is 9.91. The van der Waals surface area contributed by atoms with Crippen LogP contribution < -0.4 is 0 Å². The van der Waals surface area contributed by atoms with Crippen molar-refractivity contribution in [2.24, 2.45) is 0 Å². The van der Waals surface area contributed by atoms with Crippen LogP contribution in [0.3, 0.4) is 0 Å². The number of piperidine rings is 1. The van der Waals surface area contributed by atoms with E-state index in [1.165, 1.54) is 0 Å². The zero-order valence-electron chi connectivity index (χ0n) is 17.6. The van der Waals surface area contributed by atoms with E-state index in [1.54, 1.807) is 7.11 Å². The third kappa shape index (κ3) is 4.52. The smallest absolute Gasteiger partial charge is 0.253 e. The number of aromatic amines is 1. The summed E-state index contributed by atoms with van der Waals surface area (Å²) >= 11 is 0. The highest BCUT2D eigenvalue weighted by Gasteiger charge is 2.28. The molecule has 30 heavy (non-hydrogen) atoms. The molecule has 7 nitrogen and oxygen atoms in total. The summed E-state index contributed by atoms with van der Waals surface area (Å²) in [6, 6.07) is 7.81. The van der Waals surface area contributed by atoms with E-state index in [9.17, 15) is 4.79 Å². The minimum absolute atomic E-state index is 0.0754. The second-order valence-electron chi connectivity index (χ2n) is 7.74. The molecule has 1 unspecified atom stereocenters. The maximum absolute atomic E-state index is 13.2. The predicted molar refractivity (Wildman–Crippen MR) is 114 cm³/mol. The van der Waals surface area contributed by atoms with Crippen molar-refractivity contribution in [3.05, 3.63) is 59.3 Å². The summed E-state index contributed by atoms with van der Waals surface area (Å²) in [7, 11) is 1.66. The number of fused-ring (bicyclic) bond motifs is 1. The van der Waals surface area contributed by atoms with Crippen molar-refractivity contribution in [3.63, 3.8) is 0 Å². The third-order valence-corrected chi connectivity index (χ3v) is 5.60. The fourth-order valence-corrected chi connectivity index (χ4v) is 4.06. The first-order valence-corrected chi connectivity index (χ1v) is 10.4. The number of H-pyrrole nitrogens is 1. The van der Waals surface area contributed by atoms with Crippen LogP contribution in [0, 0.1) is 6.92 Å². The Kier molecular flexibility index (Phi) is 6.40. The number of aryl methyl sites for hydroxylation is 1. The van der Waals surface area contributed by atoms with Gasteiger partial charge in [-0.15, -0.1) is 0 Å². The summed E-state index contributed by atoms with van der Waals surface area (Å²) in [4.78, 5) is 27.4. The number of methoxy groups -OCH3 is 1. The first kappa shape index (κ1) is 20.5. The molecule has 1 amide bonds. The monoisotopic (exact) mass is 408 g/mol. The van der Waals surface area contributed by atoms with Crippen molar-refractivity contribution in [2.45, 2.75) is 32.3 Å². The van der Waals surface area contributed by atoms with E-state index in [2.05, 4.69) is 9.97 Å². The molecule has 1 saturated heterocycles. The molecule has 0 saturated carbocycles. The number of ether oxygens (including phenoxy) is 2. The number of likely N-dealkylation sites (tertiary alicyclic amines) is 1. The molecule has 0 aliphatic carbocycles. The molecule has 0 radical (unpaired) electrons. The zero-order valence-corrected chi connectivity index (χ0v) is 17.6. The van der Waals surface area contributed by atoms with Gasteiger partial charge < -0.3 is 19.4 Å². The summed E-state index contributed by atoms with van der Waals surface area (Å²) < 4.78 is 10.8. The lowest BCUT2D eigenvalue weighted by Crippen LogP contribution is -2.39. The Morgan fingerprint density at radius 3 is 3.07 bits per heavy atom. The average Bonchev–Trinajstić information content (AvgIpc) is 3.25. The molecule has 1 aliphatic heterocycles. The molecule has 1 atom stereocenters. The number of carbonyl (C=O) groups is 1. The van der Waals surface area contributed by atoms with Crippen LogP contribution in [0.25, 0.3) is 10.9 Å². The van der Waals surface area contributed by atoms with Crippen molar-refractivity contribution in [1.29, 1.82) is 0 Å². The number of aromatic nitrogens is 3. The van der Waals surface area contributed by atoms with E-state index >= 15 is 0 Å². The van der Waals surface area contributed by atoms with Gasteiger partial charge in [-0.1, -0.05) is 0 Å². The summed E-state index contributed by atoms with van der Waals surface area (Å²) in [5, 5.41) is 1.05. The van der Waals surface area contributed by atoms with Crippen LogP contribution >= 0.6 is 0 Å². The van der Waals surface area contributed by atoms with E-state index in [0.29, 0.717) is 26.4 Å². The third-order valence-electron chi connectivity index (χ3n) is 5.60. The van der Waals surface area contributed by atoms with Crippen molar-refractivity contribution < 1.29 is 14.3 Å². The first-order valence-electron chi connectivity index (χ1n) is 10.4. The minimum atomic E-state index is 0.0754. The Hall–Kier alpha value is -2.77. The fraction of sp³-hybridized carbons (Fsp3) is 0.435. The first-order chi connectivity index (χ1) is 14.7. The molecule has 3 heterocycles. The van der Waals surface area contributed by atoms with E-state index in [4.69, 9.17) is 14.5 Å². The number of hydrogen-bond donors (Lipinski definition) is 1. The molecule has 158 valence electrons. The maximum Gasteiger partial charge on any atom is 0.253 e. The molecule has 2 aromatic heterocycles. The molecule has 7 heteroatoms. The summed E-state index contributed by atoms with van der Waals surface area (Å²) in [6.45, 7) is 4.86. The van der Waals surface area contributed by atoms with Crippen molar-refractivity contribution in [2.75, 3.05) is 33.4 Å². The molecule has 1 N–H and O–H groups in total. The SMILES string of the molecule is COCCOCc1cnc(C)nc1C1CCCN(C(=O)c2ccc3[nH]ccc3c2)C1. The van der Waals surface area contributed by atoms with Gasteiger partial charge in [0.05, 0.1) is 25.5 Å². The van der Waals surface area contributed by atoms with Gasteiger partial charge in [-0.25, -0.2) is 9.97 Å². The molecule has 1 fully saturated rings. The molecular weight excluding hydrogens is 380 g/mol. The van der Waals surface area contributed by atoms with Gasteiger partial charge in [0.2, 0.25) is 0 Å². The van der Waals surface area contributed by atoms with Crippen LogP contribution in [0.2, 0.25) is 0 Å². The van der Waals surface area contributed by atoms with Crippen LogP contribution in [0.1, 0.15) is 46.2 Å². The Bertz CT molecular complexity index is 1020. The van der Waals surface area contributed by atoms with Gasteiger partial charge in [-0.2, -0.15) is 0 Å². The van der Waals surface area contributed by atoms with Crippen LogP contribution in [0.4, 0.5) is 0 Å². The molecular formula is C23H28N4O3. The van der Waals surface area contributed by atoms with Crippen molar-refractivity contribution in [3.8, 4) is 0 Å². The van der Waals surface area contributed by atoms with Crippen molar-refractivity contribution >= 4 is 16.8 Å². The van der Waals surface area contributed by atoms with Gasteiger partial charge in [0.25, 0.3) is 5.91 Å². The number of amides is 1. The zero-order chi connectivity index (χ0) is 20.9. The number of rotatable bonds is 7. The number of carbonyl (C=O) groups excluding carboxylic acids is 1. The lowest BCUT2D eigenvalue weighted by molar-refractivity contribution is 0.0602. The molecule has 0 bridgehead atoms. The standard InChI is InChI=1S/C23H28N4O3/c1-16-25-13-20(15-30-11-10-29-2)22(26-16)19-4-3-9-27(14-19)23(28)18-5-6-21-17(12-18)7-8-24-21/h5-8,12-13,19,24H,3-4,9-11,14-15H2,1-2H3. The topological polar surface area (TPSA) is 80.3 Å². The van der Waals surface area contributed by atoms with Gasteiger partial charge >= 0.3 is 0 Å². The lowest BCUT2D eigenvalue weighted by Gasteiger charge is -2.33. The van der Waals surface area contributed by atoms with Gasteiger partial charge in [0.1, 0.15) is 5.82 Å². The van der Waals surface area contributed by atoms with Gasteiger partial charge in [0, 0.05) is 60.5 Å². The fourth-order valence-electron chi connectivity index (χ4n) is 4.06.